The summed E-state index contributed by atoms with van der Waals surface area (Å²) in [5, 5.41) is 23.0. The van der Waals surface area contributed by atoms with Gasteiger partial charge in [0.25, 0.3) is 11.8 Å². The molecule has 0 saturated heterocycles. The molecule has 0 spiro atoms. The van der Waals surface area contributed by atoms with Crippen molar-refractivity contribution in [1.29, 1.82) is 0 Å². The first-order valence-corrected chi connectivity index (χ1v) is 10.7. The summed E-state index contributed by atoms with van der Waals surface area (Å²) in [6, 6.07) is 9.84. The summed E-state index contributed by atoms with van der Waals surface area (Å²) >= 11 is 3.27. The summed E-state index contributed by atoms with van der Waals surface area (Å²) in [5.41, 5.74) is 0.368. The number of carbonyl (C=O) groups excluding carboxylic acids is 2. The lowest BCUT2D eigenvalue weighted by Gasteiger charge is -2.17. The molecule has 0 bridgehead atoms. The van der Waals surface area contributed by atoms with E-state index in [1.807, 2.05) is 0 Å². The topological polar surface area (TPSA) is 151 Å². The third-order valence-electron chi connectivity index (χ3n) is 4.60. The number of hydrogen-bond acceptors (Lipinski definition) is 6. The Morgan fingerprint density at radius 3 is 2.35 bits per heavy atom. The van der Waals surface area contributed by atoms with Crippen LogP contribution < -0.4 is 20.1 Å². The fourth-order valence-electron chi connectivity index (χ4n) is 2.85. The molecule has 0 aromatic heterocycles. The van der Waals surface area contributed by atoms with Gasteiger partial charge in [-0.25, -0.2) is 4.79 Å². The number of nitrogens with one attached hydrogen (secondary N) is 2. The van der Waals surface area contributed by atoms with Crippen LogP contribution in [-0.2, 0) is 14.4 Å². The van der Waals surface area contributed by atoms with Gasteiger partial charge in [0.1, 0.15) is 23.2 Å². The van der Waals surface area contributed by atoms with E-state index in [1.165, 1.54) is 26.4 Å². The molecule has 10 nitrogen and oxygen atoms in total. The van der Waals surface area contributed by atoms with E-state index in [0.717, 1.165) is 0 Å². The van der Waals surface area contributed by atoms with Crippen LogP contribution in [0.1, 0.15) is 28.8 Å². The molecule has 0 aliphatic carbocycles. The zero-order valence-electron chi connectivity index (χ0n) is 18.3. The molecule has 0 aliphatic heterocycles. The Kier molecular flexibility index (Phi) is 9.62. The second-order valence-corrected chi connectivity index (χ2v) is 7.75. The maximum atomic E-state index is 13.0. The average molecular weight is 535 g/mol. The van der Waals surface area contributed by atoms with Gasteiger partial charge in [-0.15, -0.1) is 0 Å². The van der Waals surface area contributed by atoms with E-state index in [1.54, 1.807) is 36.4 Å². The summed E-state index contributed by atoms with van der Waals surface area (Å²) in [6.45, 7) is 0. The SMILES string of the molecule is COc1ccc(/C=C(/NC(=O)c2ccccc2Br)C(=O)N[C@@H](CCC(=O)O)C(=O)O)c(OC)c1. The van der Waals surface area contributed by atoms with Crippen molar-refractivity contribution < 1.29 is 38.9 Å². The first kappa shape index (κ1) is 26.4. The molecule has 0 heterocycles. The highest BCUT2D eigenvalue weighted by molar-refractivity contribution is 9.10. The summed E-state index contributed by atoms with van der Waals surface area (Å²) in [4.78, 5) is 48.2. The van der Waals surface area contributed by atoms with Crippen LogP contribution >= 0.6 is 15.9 Å². The Morgan fingerprint density at radius 1 is 1.06 bits per heavy atom. The van der Waals surface area contributed by atoms with Gasteiger partial charge in [0, 0.05) is 22.5 Å². The molecule has 0 aliphatic rings. The highest BCUT2D eigenvalue weighted by Crippen LogP contribution is 2.26. The Balaban J connectivity index is 2.44. The number of carbonyl (C=O) groups is 4. The molecule has 4 N–H and O–H groups in total. The number of hydrogen-bond donors (Lipinski definition) is 4. The quantitative estimate of drug-likeness (QED) is 0.321. The van der Waals surface area contributed by atoms with Crippen LogP contribution in [0.5, 0.6) is 11.5 Å². The molecule has 2 aromatic rings. The van der Waals surface area contributed by atoms with Crippen LogP contribution in [0, 0.1) is 0 Å². The van der Waals surface area contributed by atoms with Gasteiger partial charge < -0.3 is 30.3 Å². The second kappa shape index (κ2) is 12.4. The number of aliphatic carboxylic acids is 2. The van der Waals surface area contributed by atoms with E-state index in [4.69, 9.17) is 14.6 Å². The maximum Gasteiger partial charge on any atom is 0.326 e. The molecule has 180 valence electrons. The van der Waals surface area contributed by atoms with Crippen molar-refractivity contribution in [2.45, 2.75) is 18.9 Å². The third-order valence-corrected chi connectivity index (χ3v) is 5.29. The van der Waals surface area contributed by atoms with Crippen LogP contribution in [0.25, 0.3) is 6.08 Å². The van der Waals surface area contributed by atoms with Crippen molar-refractivity contribution in [3.63, 3.8) is 0 Å². The fraction of sp³-hybridized carbons (Fsp3) is 0.217. The van der Waals surface area contributed by atoms with Crippen LogP contribution in [0.4, 0.5) is 0 Å². The molecule has 0 unspecified atom stereocenters. The monoisotopic (exact) mass is 534 g/mol. The molecule has 0 fully saturated rings. The van der Waals surface area contributed by atoms with Gasteiger partial charge in [-0.2, -0.15) is 0 Å². The summed E-state index contributed by atoms with van der Waals surface area (Å²) in [5.74, 6) is -3.33. The first-order valence-electron chi connectivity index (χ1n) is 9.91. The molecule has 11 heteroatoms. The molecule has 2 aromatic carbocycles. The predicted octanol–water partition coefficient (Wildman–Crippen LogP) is 2.67. The largest absolute Gasteiger partial charge is 0.497 e. The molecular weight excluding hydrogens is 512 g/mol. The fourth-order valence-corrected chi connectivity index (χ4v) is 3.31. The van der Waals surface area contributed by atoms with Crippen molar-refractivity contribution >= 4 is 45.8 Å². The van der Waals surface area contributed by atoms with Crippen molar-refractivity contribution in [2.24, 2.45) is 0 Å². The normalized spacial score (nSPS) is 11.8. The highest BCUT2D eigenvalue weighted by atomic mass is 79.9. The Morgan fingerprint density at radius 2 is 1.76 bits per heavy atom. The number of carboxylic acids is 2. The van der Waals surface area contributed by atoms with Gasteiger partial charge in [0.15, 0.2) is 0 Å². The first-order chi connectivity index (χ1) is 16.2. The molecule has 0 radical (unpaired) electrons. The minimum atomic E-state index is -1.48. The Bertz CT molecular complexity index is 1120. The van der Waals surface area contributed by atoms with Crippen molar-refractivity contribution in [2.75, 3.05) is 14.2 Å². The molecule has 0 saturated carbocycles. The zero-order valence-corrected chi connectivity index (χ0v) is 19.9. The van der Waals surface area contributed by atoms with Crippen LogP contribution in [0.3, 0.4) is 0 Å². The van der Waals surface area contributed by atoms with E-state index < -0.39 is 36.2 Å². The van der Waals surface area contributed by atoms with Crippen molar-refractivity contribution in [3.05, 3.63) is 63.8 Å². The number of benzene rings is 2. The Labute approximate surface area is 203 Å². The van der Waals surface area contributed by atoms with Crippen molar-refractivity contribution in [1.82, 2.24) is 10.6 Å². The number of ether oxygens (including phenoxy) is 2. The van der Waals surface area contributed by atoms with Gasteiger partial charge in [-0.1, -0.05) is 12.1 Å². The summed E-state index contributed by atoms with van der Waals surface area (Å²) < 4.78 is 11.0. The van der Waals surface area contributed by atoms with Gasteiger partial charge in [-0.05, 0) is 52.7 Å². The molecule has 34 heavy (non-hydrogen) atoms. The summed E-state index contributed by atoms with van der Waals surface area (Å²) in [6.07, 6.45) is 0.512. The van der Waals surface area contributed by atoms with E-state index >= 15 is 0 Å². The Hall–Kier alpha value is -3.86. The number of amides is 2. The lowest BCUT2D eigenvalue weighted by atomic mass is 10.1. The molecule has 2 rings (SSSR count). The number of carboxylic acid groups (broad SMARTS) is 2. The highest BCUT2D eigenvalue weighted by Gasteiger charge is 2.24. The minimum Gasteiger partial charge on any atom is -0.497 e. The number of rotatable bonds is 11. The number of methoxy groups -OCH3 is 2. The van der Waals surface area contributed by atoms with Gasteiger partial charge in [-0.3, -0.25) is 14.4 Å². The van der Waals surface area contributed by atoms with Crippen molar-refractivity contribution in [3.8, 4) is 11.5 Å². The second-order valence-electron chi connectivity index (χ2n) is 6.90. The molecular formula is C23H23BrN2O8. The standard InChI is InChI=1S/C23H23BrN2O8/c1-33-14-8-7-13(19(12-14)34-2)11-18(26-21(29)15-5-3-4-6-16(15)24)22(30)25-17(23(31)32)9-10-20(27)28/h3-8,11-12,17H,9-10H2,1-2H3,(H,25,30)(H,26,29)(H,27,28)(H,31,32)/b18-11+/t17-/m0/s1. The van der Waals surface area contributed by atoms with Gasteiger partial charge in [0.05, 0.1) is 19.8 Å². The van der Waals surface area contributed by atoms with Gasteiger partial charge >= 0.3 is 11.9 Å². The average Bonchev–Trinajstić information content (AvgIpc) is 2.81. The van der Waals surface area contributed by atoms with Crippen LogP contribution in [-0.4, -0.2) is 54.2 Å². The molecule has 1 atom stereocenters. The van der Waals surface area contributed by atoms with E-state index in [0.29, 0.717) is 21.5 Å². The zero-order chi connectivity index (χ0) is 25.3. The van der Waals surface area contributed by atoms with Crippen LogP contribution in [0.2, 0.25) is 0 Å². The predicted molar refractivity (Wildman–Crippen MR) is 126 cm³/mol. The van der Waals surface area contributed by atoms with Crippen LogP contribution in [0.15, 0.2) is 52.6 Å². The lowest BCUT2D eigenvalue weighted by molar-refractivity contribution is -0.142. The smallest absolute Gasteiger partial charge is 0.326 e. The lowest BCUT2D eigenvalue weighted by Crippen LogP contribution is -2.44. The summed E-state index contributed by atoms with van der Waals surface area (Å²) in [7, 11) is 2.89. The minimum absolute atomic E-state index is 0.239. The van der Waals surface area contributed by atoms with Gasteiger partial charge in [0.2, 0.25) is 0 Å². The number of halogens is 1. The third kappa shape index (κ3) is 7.34. The van der Waals surface area contributed by atoms with E-state index in [2.05, 4.69) is 26.6 Å². The van der Waals surface area contributed by atoms with E-state index in [9.17, 15) is 24.3 Å². The van der Waals surface area contributed by atoms with E-state index in [-0.39, 0.29) is 17.7 Å². The molecule has 2 amide bonds. The maximum absolute atomic E-state index is 13.0.